The van der Waals surface area contributed by atoms with Gasteiger partial charge in [-0.05, 0) is 60.2 Å². The molecule has 0 bridgehead atoms. The molecule has 0 saturated carbocycles. The second kappa shape index (κ2) is 13.3. The zero-order valence-electron chi connectivity index (χ0n) is 31.7. The van der Waals surface area contributed by atoms with Crippen LogP contribution >= 0.6 is 0 Å². The fourth-order valence-corrected chi connectivity index (χ4v) is 8.64. The Morgan fingerprint density at radius 2 is 1.02 bits per heavy atom. The van der Waals surface area contributed by atoms with Crippen LogP contribution in [0.5, 0.6) is 0 Å². The van der Waals surface area contributed by atoms with E-state index in [1.807, 2.05) is 48.5 Å². The van der Waals surface area contributed by atoms with Gasteiger partial charge in [-0.25, -0.2) is 15.0 Å². The first-order valence-electron chi connectivity index (χ1n) is 19.8. The van der Waals surface area contributed by atoms with Gasteiger partial charge in [0.25, 0.3) is 0 Å². The lowest BCUT2D eigenvalue weighted by Crippen LogP contribution is -2.14. The lowest BCUT2D eigenvalue weighted by atomic mass is 9.97. The van der Waals surface area contributed by atoms with Crippen molar-refractivity contribution in [1.29, 1.82) is 0 Å². The summed E-state index contributed by atoms with van der Waals surface area (Å²) in [6.07, 6.45) is 0. The summed E-state index contributed by atoms with van der Waals surface area (Å²) in [4.78, 5) is 18.2. The highest BCUT2D eigenvalue weighted by atomic mass is 16.3. The third kappa shape index (κ3) is 5.38. The number of benzene rings is 8. The van der Waals surface area contributed by atoms with Crippen LogP contribution in [0.4, 0.5) is 17.3 Å². The SMILES string of the molecule is c1ccc(-c2cc(-c3cc(-c4cccc5c4oc4ccccc45)cc(N4c5ccccc5-c5ccccc5-n5c4nc4ccccc45)c3)nc(-c3ccccc3)n2)cc1. The van der Waals surface area contributed by atoms with E-state index in [9.17, 15) is 0 Å². The van der Waals surface area contributed by atoms with Crippen LogP contribution in [0.1, 0.15) is 0 Å². The van der Waals surface area contributed by atoms with E-state index in [-0.39, 0.29) is 0 Å². The molecule has 59 heavy (non-hydrogen) atoms. The number of fused-ring (bicyclic) bond motifs is 10. The van der Waals surface area contributed by atoms with E-state index in [1.54, 1.807) is 0 Å². The Bertz CT molecular complexity index is 3350. The zero-order valence-corrected chi connectivity index (χ0v) is 31.7. The van der Waals surface area contributed by atoms with Crippen LogP contribution in [0, 0.1) is 0 Å². The molecule has 12 rings (SSSR count). The predicted molar refractivity (Wildman–Crippen MR) is 239 cm³/mol. The van der Waals surface area contributed by atoms with Gasteiger partial charge in [-0.2, -0.15) is 0 Å². The van der Waals surface area contributed by atoms with Crippen molar-refractivity contribution in [2.24, 2.45) is 0 Å². The predicted octanol–water partition coefficient (Wildman–Crippen LogP) is 13.8. The molecule has 0 atom stereocenters. The van der Waals surface area contributed by atoms with Gasteiger partial charge < -0.3 is 4.42 Å². The average Bonchev–Trinajstić information content (AvgIpc) is 3.85. The molecule has 276 valence electrons. The van der Waals surface area contributed by atoms with E-state index in [0.717, 1.165) is 106 Å². The second-order valence-corrected chi connectivity index (χ2v) is 14.8. The number of imidazole rings is 1. The number of para-hydroxylation sites is 6. The van der Waals surface area contributed by atoms with Crippen LogP contribution in [0.25, 0.3) is 94.8 Å². The van der Waals surface area contributed by atoms with Crippen molar-refractivity contribution >= 4 is 50.3 Å². The minimum atomic E-state index is 0.658. The number of hydrogen-bond acceptors (Lipinski definition) is 5. The molecule has 4 heterocycles. The van der Waals surface area contributed by atoms with Gasteiger partial charge in [0.05, 0.1) is 39.5 Å². The molecule has 0 fully saturated rings. The number of furan rings is 1. The van der Waals surface area contributed by atoms with Crippen LogP contribution in [0.2, 0.25) is 0 Å². The van der Waals surface area contributed by atoms with Crippen molar-refractivity contribution in [1.82, 2.24) is 19.5 Å². The molecule has 1 aliphatic heterocycles. The fraction of sp³-hybridized carbons (Fsp3) is 0. The lowest BCUT2D eigenvalue weighted by molar-refractivity contribution is 0.670. The molecule has 0 amide bonds. The average molecular weight is 756 g/mol. The van der Waals surface area contributed by atoms with Crippen LogP contribution in [0.3, 0.4) is 0 Å². The summed E-state index contributed by atoms with van der Waals surface area (Å²) in [5.41, 5.74) is 15.5. The van der Waals surface area contributed by atoms with E-state index in [1.165, 1.54) is 0 Å². The standard InChI is InChI=1S/C53H33N5O/c1-3-16-34(17-4-1)45-33-46(55-52(54-45)35-18-5-2-6-19-35)37-30-36(39-23-15-24-43-42-22-9-14-29-50(42)59-51(39)43)31-38(32-37)57-47-26-11-7-20-40(47)41-21-8-12-27-48(41)58-49-28-13-10-25-44(49)56-53(57)58/h1-33H. The summed E-state index contributed by atoms with van der Waals surface area (Å²) in [6, 6.07) is 69.6. The molecule has 8 aromatic carbocycles. The Kier molecular flexibility index (Phi) is 7.43. The van der Waals surface area contributed by atoms with Gasteiger partial charge in [0.1, 0.15) is 11.2 Å². The third-order valence-corrected chi connectivity index (χ3v) is 11.3. The maximum Gasteiger partial charge on any atom is 0.220 e. The summed E-state index contributed by atoms with van der Waals surface area (Å²) in [6.45, 7) is 0. The van der Waals surface area contributed by atoms with Crippen LogP contribution in [-0.2, 0) is 0 Å². The van der Waals surface area contributed by atoms with Crippen molar-refractivity contribution in [2.45, 2.75) is 0 Å². The van der Waals surface area contributed by atoms with Crippen molar-refractivity contribution in [3.63, 3.8) is 0 Å². The molecular weight excluding hydrogens is 723 g/mol. The molecule has 0 saturated heterocycles. The molecule has 11 aromatic rings. The molecule has 3 aromatic heterocycles. The van der Waals surface area contributed by atoms with Gasteiger partial charge in [-0.3, -0.25) is 9.47 Å². The summed E-state index contributed by atoms with van der Waals surface area (Å²) in [5, 5.41) is 2.16. The molecule has 0 spiro atoms. The van der Waals surface area contributed by atoms with Crippen LogP contribution in [0.15, 0.2) is 205 Å². The first-order valence-corrected chi connectivity index (χ1v) is 19.8. The van der Waals surface area contributed by atoms with E-state index < -0.39 is 0 Å². The zero-order chi connectivity index (χ0) is 38.9. The highest BCUT2D eigenvalue weighted by Crippen LogP contribution is 2.49. The van der Waals surface area contributed by atoms with Crippen molar-refractivity contribution in [3.05, 3.63) is 200 Å². The maximum atomic E-state index is 6.68. The first-order chi connectivity index (χ1) is 29.2. The minimum absolute atomic E-state index is 0.658. The van der Waals surface area contributed by atoms with Gasteiger partial charge >= 0.3 is 0 Å². The van der Waals surface area contributed by atoms with Crippen LogP contribution in [-0.4, -0.2) is 19.5 Å². The minimum Gasteiger partial charge on any atom is -0.455 e. The summed E-state index contributed by atoms with van der Waals surface area (Å²) < 4.78 is 8.98. The van der Waals surface area contributed by atoms with Gasteiger partial charge in [-0.15, -0.1) is 0 Å². The topological polar surface area (TPSA) is 60.0 Å². The molecule has 0 radical (unpaired) electrons. The molecule has 6 nitrogen and oxygen atoms in total. The largest absolute Gasteiger partial charge is 0.455 e. The van der Waals surface area contributed by atoms with E-state index in [2.05, 4.69) is 161 Å². The van der Waals surface area contributed by atoms with E-state index in [0.29, 0.717) is 5.82 Å². The monoisotopic (exact) mass is 755 g/mol. The van der Waals surface area contributed by atoms with Gasteiger partial charge in [0.2, 0.25) is 5.95 Å². The molecule has 1 aliphatic rings. The molecule has 0 unspecified atom stereocenters. The third-order valence-electron chi connectivity index (χ3n) is 11.3. The van der Waals surface area contributed by atoms with Crippen LogP contribution < -0.4 is 4.90 Å². The van der Waals surface area contributed by atoms with E-state index in [4.69, 9.17) is 19.4 Å². The highest BCUT2D eigenvalue weighted by Gasteiger charge is 2.30. The molecule has 0 N–H and O–H groups in total. The Labute approximate surface area is 340 Å². The van der Waals surface area contributed by atoms with Gasteiger partial charge in [-0.1, -0.05) is 146 Å². The molecular formula is C53H33N5O. The Balaban J connectivity index is 1.18. The quantitative estimate of drug-likeness (QED) is 0.175. The fourth-order valence-electron chi connectivity index (χ4n) is 8.64. The molecule has 6 heteroatoms. The smallest absolute Gasteiger partial charge is 0.220 e. The molecule has 0 aliphatic carbocycles. The Morgan fingerprint density at radius 1 is 0.407 bits per heavy atom. The van der Waals surface area contributed by atoms with Crippen molar-refractivity contribution in [2.75, 3.05) is 4.90 Å². The summed E-state index contributed by atoms with van der Waals surface area (Å²) in [7, 11) is 0. The first kappa shape index (κ1) is 33.1. The summed E-state index contributed by atoms with van der Waals surface area (Å²) in [5.74, 6) is 1.46. The van der Waals surface area contributed by atoms with Crippen molar-refractivity contribution < 1.29 is 4.42 Å². The lowest BCUT2D eigenvalue weighted by Gasteiger charge is -2.26. The number of anilines is 3. The maximum absolute atomic E-state index is 6.68. The Hall–Kier alpha value is -8.09. The van der Waals surface area contributed by atoms with E-state index >= 15 is 0 Å². The number of aromatic nitrogens is 4. The van der Waals surface area contributed by atoms with Crippen molar-refractivity contribution in [3.8, 4) is 61.8 Å². The number of rotatable bonds is 5. The second-order valence-electron chi connectivity index (χ2n) is 14.8. The number of hydrogen-bond donors (Lipinski definition) is 0. The highest BCUT2D eigenvalue weighted by molar-refractivity contribution is 6.10. The van der Waals surface area contributed by atoms with Gasteiger partial charge in [0.15, 0.2) is 5.82 Å². The normalized spacial score (nSPS) is 12.0. The number of nitrogens with zero attached hydrogens (tertiary/aromatic N) is 5. The Morgan fingerprint density at radius 3 is 1.85 bits per heavy atom. The summed E-state index contributed by atoms with van der Waals surface area (Å²) >= 11 is 0. The van der Waals surface area contributed by atoms with Gasteiger partial charge in [0, 0.05) is 44.2 Å².